The van der Waals surface area contributed by atoms with Crippen LogP contribution in [0, 0.1) is 6.92 Å². The van der Waals surface area contributed by atoms with Crippen molar-refractivity contribution < 1.29 is 4.42 Å². The normalized spacial score (nSPS) is 11.1. The molecule has 0 aliphatic rings. The smallest absolute Gasteiger partial charge is 0.247 e. The molecule has 0 atom stereocenters. The van der Waals surface area contributed by atoms with Gasteiger partial charge >= 0.3 is 0 Å². The van der Waals surface area contributed by atoms with Crippen molar-refractivity contribution in [1.82, 2.24) is 25.0 Å². The molecule has 0 spiro atoms. The summed E-state index contributed by atoms with van der Waals surface area (Å²) in [6.07, 6.45) is 0. The number of halogens is 1. The standard InChI is InChI=1S/C25H20ClN5OS/c1-17-11-13-19(14-12-17)24-29-27-22(32-24)16-33-25-30-28-23(20-9-5-6-10-21(20)26)31(25)15-18-7-3-2-4-8-18/h2-14H,15-16H2,1H3. The van der Waals surface area contributed by atoms with Crippen LogP contribution in [0.25, 0.3) is 22.8 Å². The van der Waals surface area contributed by atoms with Crippen LogP contribution in [0.1, 0.15) is 17.0 Å². The van der Waals surface area contributed by atoms with Crippen molar-refractivity contribution in [3.05, 3.63) is 101 Å². The molecule has 8 heteroatoms. The van der Waals surface area contributed by atoms with Gasteiger partial charge in [-0.05, 0) is 36.8 Å². The van der Waals surface area contributed by atoms with Gasteiger partial charge in [-0.25, -0.2) is 0 Å². The van der Waals surface area contributed by atoms with Gasteiger partial charge in [0, 0.05) is 11.1 Å². The van der Waals surface area contributed by atoms with Crippen LogP contribution in [0.4, 0.5) is 0 Å². The molecule has 6 nitrogen and oxygen atoms in total. The van der Waals surface area contributed by atoms with Crippen molar-refractivity contribution in [1.29, 1.82) is 0 Å². The molecule has 5 rings (SSSR count). The number of nitrogens with zero attached hydrogens (tertiary/aromatic N) is 5. The van der Waals surface area contributed by atoms with E-state index >= 15 is 0 Å². The van der Waals surface area contributed by atoms with Gasteiger partial charge in [-0.2, -0.15) is 0 Å². The molecule has 164 valence electrons. The van der Waals surface area contributed by atoms with Gasteiger partial charge in [0.05, 0.1) is 17.3 Å². The Morgan fingerprint density at radius 3 is 2.39 bits per heavy atom. The maximum atomic E-state index is 6.47. The molecular weight excluding hydrogens is 454 g/mol. The third kappa shape index (κ3) is 4.84. The van der Waals surface area contributed by atoms with Crippen molar-refractivity contribution in [2.24, 2.45) is 0 Å². The first-order valence-electron chi connectivity index (χ1n) is 10.4. The van der Waals surface area contributed by atoms with Gasteiger partial charge in [-0.15, -0.1) is 20.4 Å². The molecule has 5 aromatic rings. The lowest BCUT2D eigenvalue weighted by Gasteiger charge is -2.11. The molecule has 2 aromatic heterocycles. The third-order valence-corrected chi connectivity index (χ3v) is 6.39. The highest BCUT2D eigenvalue weighted by molar-refractivity contribution is 7.98. The van der Waals surface area contributed by atoms with E-state index in [2.05, 4.69) is 37.1 Å². The van der Waals surface area contributed by atoms with Crippen LogP contribution in [0.5, 0.6) is 0 Å². The molecule has 0 saturated carbocycles. The lowest BCUT2D eigenvalue weighted by molar-refractivity contribution is 0.528. The number of hydrogen-bond acceptors (Lipinski definition) is 6. The topological polar surface area (TPSA) is 69.6 Å². The summed E-state index contributed by atoms with van der Waals surface area (Å²) >= 11 is 7.97. The molecular formula is C25H20ClN5OS. The predicted octanol–water partition coefficient (Wildman–Crippen LogP) is 6.30. The summed E-state index contributed by atoms with van der Waals surface area (Å²) in [4.78, 5) is 0. The Labute approximate surface area is 200 Å². The van der Waals surface area contributed by atoms with E-state index in [0.717, 1.165) is 27.7 Å². The summed E-state index contributed by atoms with van der Waals surface area (Å²) in [6, 6.07) is 25.9. The molecule has 2 heterocycles. The van der Waals surface area contributed by atoms with Crippen molar-refractivity contribution >= 4 is 23.4 Å². The Balaban J connectivity index is 1.41. The minimum atomic E-state index is 0.480. The number of benzene rings is 3. The SMILES string of the molecule is Cc1ccc(-c2nnc(CSc3nnc(-c4ccccc4Cl)n3Cc3ccccc3)o2)cc1. The minimum absolute atomic E-state index is 0.480. The zero-order chi connectivity index (χ0) is 22.6. The van der Waals surface area contributed by atoms with Crippen molar-refractivity contribution in [3.8, 4) is 22.8 Å². The van der Waals surface area contributed by atoms with Crippen molar-refractivity contribution in [2.45, 2.75) is 24.4 Å². The zero-order valence-electron chi connectivity index (χ0n) is 17.9. The maximum Gasteiger partial charge on any atom is 0.247 e. The summed E-state index contributed by atoms with van der Waals surface area (Å²) < 4.78 is 7.95. The van der Waals surface area contributed by atoms with E-state index in [4.69, 9.17) is 16.0 Å². The van der Waals surface area contributed by atoms with Crippen LogP contribution < -0.4 is 0 Å². The molecule has 0 unspecified atom stereocenters. The second-order valence-corrected chi connectivity index (χ2v) is 8.86. The van der Waals surface area contributed by atoms with Crippen LogP contribution in [-0.2, 0) is 12.3 Å². The van der Waals surface area contributed by atoms with E-state index < -0.39 is 0 Å². The molecule has 0 aliphatic heterocycles. The van der Waals surface area contributed by atoms with E-state index in [1.807, 2.05) is 73.7 Å². The van der Waals surface area contributed by atoms with Crippen LogP contribution >= 0.6 is 23.4 Å². The predicted molar refractivity (Wildman–Crippen MR) is 130 cm³/mol. The fraction of sp³-hybridized carbons (Fsp3) is 0.120. The average Bonchev–Trinajstić information content (AvgIpc) is 3.47. The first-order valence-corrected chi connectivity index (χ1v) is 11.8. The second kappa shape index (κ2) is 9.60. The number of thioether (sulfide) groups is 1. The van der Waals surface area contributed by atoms with Gasteiger partial charge in [-0.1, -0.05) is 83.5 Å². The van der Waals surface area contributed by atoms with Gasteiger partial charge in [0.2, 0.25) is 11.8 Å². The molecule has 0 N–H and O–H groups in total. The third-order valence-electron chi connectivity index (χ3n) is 5.11. The molecule has 3 aromatic carbocycles. The van der Waals surface area contributed by atoms with Crippen LogP contribution in [0.15, 0.2) is 88.4 Å². The van der Waals surface area contributed by atoms with Crippen molar-refractivity contribution in [2.75, 3.05) is 0 Å². The van der Waals surface area contributed by atoms with Crippen LogP contribution in [0.3, 0.4) is 0 Å². The molecule has 0 bridgehead atoms. The summed E-state index contributed by atoms with van der Waals surface area (Å²) in [5.41, 5.74) is 4.07. The lowest BCUT2D eigenvalue weighted by Crippen LogP contribution is -2.04. The van der Waals surface area contributed by atoms with Gasteiger partial charge < -0.3 is 4.42 Å². The van der Waals surface area contributed by atoms with E-state index in [0.29, 0.717) is 29.1 Å². The van der Waals surface area contributed by atoms with Gasteiger partial charge in [0.15, 0.2) is 11.0 Å². The monoisotopic (exact) mass is 473 g/mol. The average molecular weight is 474 g/mol. The lowest BCUT2D eigenvalue weighted by atomic mass is 10.1. The molecule has 0 radical (unpaired) electrons. The Hall–Kier alpha value is -3.42. The fourth-order valence-corrected chi connectivity index (χ4v) is 4.39. The highest BCUT2D eigenvalue weighted by Crippen LogP contribution is 2.31. The molecule has 0 aliphatic carbocycles. The fourth-order valence-electron chi connectivity index (χ4n) is 3.40. The number of aryl methyl sites for hydroxylation is 1. The van der Waals surface area contributed by atoms with E-state index in [9.17, 15) is 0 Å². The van der Waals surface area contributed by atoms with Crippen LogP contribution in [-0.4, -0.2) is 25.0 Å². The zero-order valence-corrected chi connectivity index (χ0v) is 19.4. The van der Waals surface area contributed by atoms with E-state index in [1.165, 1.54) is 17.3 Å². The number of rotatable bonds is 7. The first kappa shape index (κ1) is 21.4. The Morgan fingerprint density at radius 1 is 0.848 bits per heavy atom. The summed E-state index contributed by atoms with van der Waals surface area (Å²) in [5.74, 6) is 2.24. The van der Waals surface area contributed by atoms with Crippen molar-refractivity contribution in [3.63, 3.8) is 0 Å². The molecule has 0 amide bonds. The van der Waals surface area contributed by atoms with E-state index in [-0.39, 0.29) is 0 Å². The Morgan fingerprint density at radius 2 is 1.61 bits per heavy atom. The minimum Gasteiger partial charge on any atom is -0.420 e. The van der Waals surface area contributed by atoms with Gasteiger partial charge in [-0.3, -0.25) is 4.57 Å². The van der Waals surface area contributed by atoms with Gasteiger partial charge in [0.1, 0.15) is 0 Å². The molecule has 33 heavy (non-hydrogen) atoms. The highest BCUT2D eigenvalue weighted by atomic mass is 35.5. The quantitative estimate of drug-likeness (QED) is 0.258. The summed E-state index contributed by atoms with van der Waals surface area (Å²) in [6.45, 7) is 2.66. The molecule has 0 saturated heterocycles. The summed E-state index contributed by atoms with van der Waals surface area (Å²) in [5, 5.41) is 18.7. The largest absolute Gasteiger partial charge is 0.420 e. The molecule has 0 fully saturated rings. The Kier molecular flexibility index (Phi) is 6.24. The first-order chi connectivity index (χ1) is 16.2. The number of hydrogen-bond donors (Lipinski definition) is 0. The number of aromatic nitrogens is 5. The Bertz CT molecular complexity index is 1370. The highest BCUT2D eigenvalue weighted by Gasteiger charge is 2.18. The van der Waals surface area contributed by atoms with E-state index in [1.54, 1.807) is 0 Å². The second-order valence-electron chi connectivity index (χ2n) is 7.51. The van der Waals surface area contributed by atoms with Gasteiger partial charge in [0.25, 0.3) is 0 Å². The van der Waals surface area contributed by atoms with Crippen LogP contribution in [0.2, 0.25) is 5.02 Å². The maximum absolute atomic E-state index is 6.47. The summed E-state index contributed by atoms with van der Waals surface area (Å²) in [7, 11) is 0.